The molecular weight excluding hydrogens is 264 g/mol. The molecule has 0 amide bonds. The summed E-state index contributed by atoms with van der Waals surface area (Å²) in [5, 5.41) is 8.25. The molecule has 2 N–H and O–H groups in total. The maximum absolute atomic E-state index is 11.7. The number of fused-ring (bicyclic) bond motifs is 1. The molecule has 5 nitrogen and oxygen atoms in total. The van der Waals surface area contributed by atoms with Crippen molar-refractivity contribution in [3.63, 3.8) is 0 Å². The minimum atomic E-state index is -0.325. The minimum absolute atomic E-state index is 0.131. The summed E-state index contributed by atoms with van der Waals surface area (Å²) in [6, 6.07) is 7.82. The number of nitrogens with zero attached hydrogens (tertiary/aromatic N) is 2. The van der Waals surface area contributed by atoms with Crippen molar-refractivity contribution in [2.24, 2.45) is 7.05 Å². The second kappa shape index (κ2) is 4.44. The molecule has 2 aromatic heterocycles. The Hall–Kier alpha value is -2.27. The van der Waals surface area contributed by atoms with Crippen molar-refractivity contribution in [2.45, 2.75) is 0 Å². The number of nitrogens with one attached hydrogen (secondary N) is 2. The number of anilines is 2. The first-order valence-electron chi connectivity index (χ1n) is 5.71. The van der Waals surface area contributed by atoms with E-state index in [9.17, 15) is 4.79 Å². The van der Waals surface area contributed by atoms with Gasteiger partial charge in [-0.15, -0.1) is 0 Å². The van der Waals surface area contributed by atoms with Crippen LogP contribution in [-0.2, 0) is 7.05 Å². The van der Waals surface area contributed by atoms with E-state index < -0.39 is 0 Å². The fourth-order valence-electron chi connectivity index (χ4n) is 1.88. The van der Waals surface area contributed by atoms with Crippen LogP contribution in [0.5, 0.6) is 0 Å². The highest BCUT2D eigenvalue weighted by molar-refractivity contribution is 6.33. The minimum Gasteiger partial charge on any atom is -0.361 e. The van der Waals surface area contributed by atoms with Crippen LogP contribution < -0.4 is 10.9 Å². The zero-order valence-corrected chi connectivity index (χ0v) is 10.9. The van der Waals surface area contributed by atoms with Crippen molar-refractivity contribution in [2.75, 3.05) is 5.32 Å². The third kappa shape index (κ3) is 2.08. The van der Waals surface area contributed by atoms with E-state index in [0.29, 0.717) is 5.69 Å². The summed E-state index contributed by atoms with van der Waals surface area (Å²) in [7, 11) is 1.56. The van der Waals surface area contributed by atoms with Gasteiger partial charge in [-0.2, -0.15) is 5.10 Å². The van der Waals surface area contributed by atoms with Gasteiger partial charge in [-0.25, -0.2) is 4.68 Å². The highest BCUT2D eigenvalue weighted by Gasteiger charge is 2.07. The highest BCUT2D eigenvalue weighted by Crippen LogP contribution is 2.24. The third-order valence-corrected chi connectivity index (χ3v) is 3.28. The zero-order valence-electron chi connectivity index (χ0n) is 10.1. The lowest BCUT2D eigenvalue weighted by Gasteiger charge is -2.08. The number of H-pyrrole nitrogens is 1. The molecule has 3 rings (SSSR count). The second-order valence-electron chi connectivity index (χ2n) is 4.21. The van der Waals surface area contributed by atoms with Crippen LogP contribution in [-0.4, -0.2) is 14.8 Å². The second-order valence-corrected chi connectivity index (χ2v) is 4.58. The van der Waals surface area contributed by atoms with Gasteiger partial charge in [0.1, 0.15) is 5.02 Å². The van der Waals surface area contributed by atoms with Crippen molar-refractivity contribution in [3.8, 4) is 0 Å². The molecule has 0 fully saturated rings. The van der Waals surface area contributed by atoms with Crippen molar-refractivity contribution in [1.29, 1.82) is 0 Å². The maximum Gasteiger partial charge on any atom is 0.287 e. The monoisotopic (exact) mass is 274 g/mol. The third-order valence-electron chi connectivity index (χ3n) is 2.91. The average molecular weight is 275 g/mol. The summed E-state index contributed by atoms with van der Waals surface area (Å²) in [5.74, 6) is 0. The molecule has 0 aliphatic rings. The molecule has 19 heavy (non-hydrogen) atoms. The molecule has 0 unspecified atom stereocenters. The standard InChI is InChI=1S/C13H11ClN4O/c1-18-13(19)12(14)11(7-16-18)17-9-2-3-10-8(6-9)4-5-15-10/h2-7,15,17H,1H3. The molecule has 96 valence electrons. The summed E-state index contributed by atoms with van der Waals surface area (Å²) >= 11 is 6.00. The van der Waals surface area contributed by atoms with Crippen LogP contribution in [0.15, 0.2) is 41.5 Å². The van der Waals surface area contributed by atoms with Gasteiger partial charge in [0.15, 0.2) is 0 Å². The quantitative estimate of drug-likeness (QED) is 0.755. The first kappa shape index (κ1) is 11.8. The molecule has 0 spiro atoms. The molecule has 0 saturated carbocycles. The van der Waals surface area contributed by atoms with Crippen molar-refractivity contribution >= 4 is 33.9 Å². The molecule has 1 aromatic carbocycles. The summed E-state index contributed by atoms with van der Waals surface area (Å²) < 4.78 is 1.20. The summed E-state index contributed by atoms with van der Waals surface area (Å²) in [6.07, 6.45) is 3.41. The van der Waals surface area contributed by atoms with Gasteiger partial charge in [0.2, 0.25) is 0 Å². The number of rotatable bonds is 2. The molecule has 0 aliphatic heterocycles. The van der Waals surface area contributed by atoms with E-state index in [1.54, 1.807) is 7.05 Å². The molecule has 6 heteroatoms. The van der Waals surface area contributed by atoms with Gasteiger partial charge in [-0.3, -0.25) is 4.79 Å². The van der Waals surface area contributed by atoms with Crippen molar-refractivity contribution < 1.29 is 0 Å². The normalized spacial score (nSPS) is 10.8. The van der Waals surface area contributed by atoms with Crippen LogP contribution in [0.1, 0.15) is 0 Å². The lowest BCUT2D eigenvalue weighted by atomic mass is 10.2. The molecule has 2 heterocycles. The van der Waals surface area contributed by atoms with Crippen LogP contribution in [0.3, 0.4) is 0 Å². The molecule has 3 aromatic rings. The first-order chi connectivity index (χ1) is 9.15. The Bertz CT molecular complexity index is 806. The summed E-state index contributed by atoms with van der Waals surface area (Å²) in [5.41, 5.74) is 2.08. The Kier molecular flexibility index (Phi) is 2.76. The Morgan fingerprint density at radius 2 is 2.21 bits per heavy atom. The van der Waals surface area contributed by atoms with E-state index in [-0.39, 0.29) is 10.6 Å². The molecular formula is C13H11ClN4O. The van der Waals surface area contributed by atoms with Gasteiger partial charge in [-0.05, 0) is 24.3 Å². The molecule has 0 aliphatic carbocycles. The SMILES string of the molecule is Cn1ncc(Nc2ccc3[nH]ccc3c2)c(Cl)c1=O. The number of halogens is 1. The smallest absolute Gasteiger partial charge is 0.287 e. The van der Waals surface area contributed by atoms with E-state index >= 15 is 0 Å². The number of aromatic amines is 1. The lowest BCUT2D eigenvalue weighted by Crippen LogP contribution is -2.20. The number of benzene rings is 1. The molecule has 0 saturated heterocycles. The Morgan fingerprint density at radius 1 is 1.37 bits per heavy atom. The average Bonchev–Trinajstić information content (AvgIpc) is 2.87. The Labute approximate surface area is 113 Å². The van der Waals surface area contributed by atoms with Crippen LogP contribution in [0.25, 0.3) is 10.9 Å². The number of aromatic nitrogens is 3. The van der Waals surface area contributed by atoms with Crippen LogP contribution in [0, 0.1) is 0 Å². The van der Waals surface area contributed by atoms with E-state index in [2.05, 4.69) is 15.4 Å². The van der Waals surface area contributed by atoms with Gasteiger partial charge in [0, 0.05) is 29.8 Å². The fourth-order valence-corrected chi connectivity index (χ4v) is 2.10. The summed E-state index contributed by atoms with van der Waals surface area (Å²) in [4.78, 5) is 14.8. The molecule has 0 bridgehead atoms. The number of hydrogen-bond donors (Lipinski definition) is 2. The predicted molar refractivity (Wildman–Crippen MR) is 76.1 cm³/mol. The first-order valence-corrected chi connectivity index (χ1v) is 6.09. The predicted octanol–water partition coefficient (Wildman–Crippen LogP) is 2.66. The van der Waals surface area contributed by atoms with Crippen molar-refractivity contribution in [3.05, 3.63) is 52.0 Å². The molecule has 0 atom stereocenters. The van der Waals surface area contributed by atoms with Gasteiger partial charge in [-0.1, -0.05) is 11.6 Å². The van der Waals surface area contributed by atoms with Crippen LogP contribution in [0.2, 0.25) is 5.02 Å². The van der Waals surface area contributed by atoms with E-state index in [4.69, 9.17) is 11.6 Å². The maximum atomic E-state index is 11.7. The van der Waals surface area contributed by atoms with E-state index in [1.807, 2.05) is 30.5 Å². The topological polar surface area (TPSA) is 62.7 Å². The van der Waals surface area contributed by atoms with Crippen molar-refractivity contribution in [1.82, 2.24) is 14.8 Å². The Morgan fingerprint density at radius 3 is 3.05 bits per heavy atom. The lowest BCUT2D eigenvalue weighted by molar-refractivity contribution is 0.709. The largest absolute Gasteiger partial charge is 0.361 e. The van der Waals surface area contributed by atoms with Crippen LogP contribution >= 0.6 is 11.6 Å². The summed E-state index contributed by atoms with van der Waals surface area (Å²) in [6.45, 7) is 0. The van der Waals surface area contributed by atoms with E-state index in [0.717, 1.165) is 16.6 Å². The van der Waals surface area contributed by atoms with Gasteiger partial charge in [0.25, 0.3) is 5.56 Å². The van der Waals surface area contributed by atoms with Gasteiger partial charge in [0.05, 0.1) is 11.9 Å². The number of aryl methyl sites for hydroxylation is 1. The zero-order chi connectivity index (χ0) is 13.4. The fraction of sp³-hybridized carbons (Fsp3) is 0.0769. The number of hydrogen-bond acceptors (Lipinski definition) is 3. The van der Waals surface area contributed by atoms with Crippen LogP contribution in [0.4, 0.5) is 11.4 Å². The Balaban J connectivity index is 2.00. The van der Waals surface area contributed by atoms with E-state index in [1.165, 1.54) is 10.9 Å². The van der Waals surface area contributed by atoms with Gasteiger partial charge >= 0.3 is 0 Å². The van der Waals surface area contributed by atoms with Gasteiger partial charge < -0.3 is 10.3 Å². The molecule has 0 radical (unpaired) electrons. The highest BCUT2D eigenvalue weighted by atomic mass is 35.5.